The highest BCUT2D eigenvalue weighted by Gasteiger charge is 2.33. The van der Waals surface area contributed by atoms with E-state index in [4.69, 9.17) is 0 Å². The van der Waals surface area contributed by atoms with Crippen LogP contribution in [-0.4, -0.2) is 37.0 Å². The van der Waals surface area contributed by atoms with Gasteiger partial charge in [-0.15, -0.1) is 0 Å². The third kappa shape index (κ3) is 3.47. The lowest BCUT2D eigenvalue weighted by molar-refractivity contribution is 0.155. The van der Waals surface area contributed by atoms with Crippen LogP contribution in [0, 0.1) is 17.5 Å². The van der Waals surface area contributed by atoms with E-state index < -0.39 is 39.4 Å². The van der Waals surface area contributed by atoms with E-state index in [1.54, 1.807) is 4.72 Å². The molecule has 0 bridgehead atoms. The Morgan fingerprint density at radius 1 is 1.24 bits per heavy atom. The highest BCUT2D eigenvalue weighted by Crippen LogP contribution is 2.25. The second-order valence-corrected chi connectivity index (χ2v) is 6.42. The number of anilines is 1. The van der Waals surface area contributed by atoms with Crippen molar-refractivity contribution >= 4 is 15.9 Å². The monoisotopic (exact) mass is 324 g/mol. The van der Waals surface area contributed by atoms with Crippen molar-refractivity contribution in [3.8, 4) is 0 Å². The number of hydrogen-bond donors (Lipinski definition) is 2. The van der Waals surface area contributed by atoms with Crippen LogP contribution in [0.4, 0.5) is 18.9 Å². The number of benzene rings is 1. The van der Waals surface area contributed by atoms with Crippen molar-refractivity contribution < 1.29 is 26.7 Å². The number of nitrogens with one attached hydrogen (secondary N) is 1. The first-order valence-electron chi connectivity index (χ1n) is 6.40. The van der Waals surface area contributed by atoms with Crippen LogP contribution in [-0.2, 0) is 10.2 Å². The standard InChI is InChI=1S/C12H15F3N2O3S/c13-8-5-10(14)12(11(15)6-8)16-21(19,20)17-4-2-1-3-9(17)7-18/h5-6,9,16,18H,1-4,7H2. The van der Waals surface area contributed by atoms with Crippen molar-refractivity contribution in [3.05, 3.63) is 29.6 Å². The fourth-order valence-electron chi connectivity index (χ4n) is 2.30. The molecule has 1 atom stereocenters. The van der Waals surface area contributed by atoms with E-state index in [0.29, 0.717) is 25.0 Å². The summed E-state index contributed by atoms with van der Waals surface area (Å²) in [7, 11) is -4.23. The maximum Gasteiger partial charge on any atom is 0.302 e. The van der Waals surface area contributed by atoms with Gasteiger partial charge in [0.15, 0.2) is 11.6 Å². The smallest absolute Gasteiger partial charge is 0.302 e. The third-order valence-electron chi connectivity index (χ3n) is 3.33. The first-order chi connectivity index (χ1) is 9.85. The zero-order chi connectivity index (χ0) is 15.6. The molecule has 1 aliphatic rings. The summed E-state index contributed by atoms with van der Waals surface area (Å²) in [6, 6.07) is 0.143. The summed E-state index contributed by atoms with van der Waals surface area (Å²) < 4.78 is 67.0. The van der Waals surface area contributed by atoms with E-state index in [2.05, 4.69) is 0 Å². The SMILES string of the molecule is O=S(=O)(Nc1c(F)cc(F)cc1F)N1CCCCC1CO. The molecule has 0 spiro atoms. The Hall–Kier alpha value is -1.32. The summed E-state index contributed by atoms with van der Waals surface area (Å²) in [4.78, 5) is 0. The Morgan fingerprint density at radius 2 is 1.86 bits per heavy atom. The van der Waals surface area contributed by atoms with Gasteiger partial charge in [-0.25, -0.2) is 13.2 Å². The molecule has 5 nitrogen and oxygen atoms in total. The van der Waals surface area contributed by atoms with Gasteiger partial charge < -0.3 is 5.11 Å². The second-order valence-electron chi connectivity index (χ2n) is 4.79. The minimum atomic E-state index is -4.23. The molecule has 1 aromatic carbocycles. The number of piperidine rings is 1. The minimum Gasteiger partial charge on any atom is -0.395 e. The molecule has 118 valence electrons. The van der Waals surface area contributed by atoms with Crippen LogP contribution in [0.25, 0.3) is 0 Å². The molecular weight excluding hydrogens is 309 g/mol. The molecule has 21 heavy (non-hydrogen) atoms. The van der Waals surface area contributed by atoms with Gasteiger partial charge in [0, 0.05) is 24.7 Å². The van der Waals surface area contributed by atoms with Crippen LogP contribution in [0.5, 0.6) is 0 Å². The van der Waals surface area contributed by atoms with Gasteiger partial charge in [0.05, 0.1) is 6.61 Å². The van der Waals surface area contributed by atoms with Crippen LogP contribution in [0.2, 0.25) is 0 Å². The van der Waals surface area contributed by atoms with E-state index in [-0.39, 0.29) is 13.2 Å². The molecule has 0 amide bonds. The molecule has 0 aliphatic carbocycles. The molecule has 2 N–H and O–H groups in total. The van der Waals surface area contributed by atoms with Crippen molar-refractivity contribution in [1.29, 1.82) is 0 Å². The quantitative estimate of drug-likeness (QED) is 0.884. The second kappa shape index (κ2) is 6.20. The van der Waals surface area contributed by atoms with E-state index in [1.165, 1.54) is 0 Å². The lowest BCUT2D eigenvalue weighted by Gasteiger charge is -2.33. The largest absolute Gasteiger partial charge is 0.395 e. The lowest BCUT2D eigenvalue weighted by atomic mass is 10.1. The summed E-state index contributed by atoms with van der Waals surface area (Å²) in [5.74, 6) is -3.82. The predicted octanol–water partition coefficient (Wildman–Crippen LogP) is 1.61. The van der Waals surface area contributed by atoms with Crippen LogP contribution in [0.1, 0.15) is 19.3 Å². The van der Waals surface area contributed by atoms with Gasteiger partial charge in [-0.3, -0.25) is 4.72 Å². The van der Waals surface area contributed by atoms with Gasteiger partial charge in [0.2, 0.25) is 0 Å². The van der Waals surface area contributed by atoms with Gasteiger partial charge >= 0.3 is 10.2 Å². The molecule has 1 fully saturated rings. The molecule has 1 aliphatic heterocycles. The van der Waals surface area contributed by atoms with Crippen LogP contribution in [0.15, 0.2) is 12.1 Å². The summed E-state index contributed by atoms with van der Waals surface area (Å²) >= 11 is 0. The Morgan fingerprint density at radius 3 is 2.43 bits per heavy atom. The molecular formula is C12H15F3N2O3S. The van der Waals surface area contributed by atoms with Gasteiger partial charge in [-0.1, -0.05) is 6.42 Å². The summed E-state index contributed by atoms with van der Waals surface area (Å²) in [5.41, 5.74) is -0.932. The molecule has 1 saturated heterocycles. The Kier molecular flexibility index (Phi) is 4.74. The topological polar surface area (TPSA) is 69.6 Å². The number of aliphatic hydroxyl groups is 1. The van der Waals surface area contributed by atoms with Gasteiger partial charge in [-0.2, -0.15) is 12.7 Å². The Labute approximate surface area is 120 Å². The molecule has 0 radical (unpaired) electrons. The molecule has 1 aromatic rings. The van der Waals surface area contributed by atoms with E-state index in [0.717, 1.165) is 10.7 Å². The fourth-order valence-corrected chi connectivity index (χ4v) is 3.80. The lowest BCUT2D eigenvalue weighted by Crippen LogP contribution is -2.48. The maximum atomic E-state index is 13.5. The zero-order valence-electron chi connectivity index (χ0n) is 11.0. The normalized spacial score (nSPS) is 20.5. The van der Waals surface area contributed by atoms with Gasteiger partial charge in [0.25, 0.3) is 0 Å². The third-order valence-corrected chi connectivity index (χ3v) is 4.89. The molecule has 0 saturated carbocycles. The highest BCUT2D eigenvalue weighted by atomic mass is 32.2. The Bertz CT molecular complexity index is 601. The number of halogens is 3. The Balaban J connectivity index is 2.29. The van der Waals surface area contributed by atoms with Crippen LogP contribution < -0.4 is 4.72 Å². The first kappa shape index (κ1) is 16.1. The average molecular weight is 324 g/mol. The van der Waals surface area contributed by atoms with Gasteiger partial charge in [-0.05, 0) is 12.8 Å². The first-order valence-corrected chi connectivity index (χ1v) is 7.84. The summed E-state index contributed by atoms with van der Waals surface area (Å²) in [5, 5.41) is 9.20. The van der Waals surface area contributed by atoms with Crippen molar-refractivity contribution in [1.82, 2.24) is 4.31 Å². The van der Waals surface area contributed by atoms with Crippen molar-refractivity contribution in [2.24, 2.45) is 0 Å². The molecule has 1 heterocycles. The number of nitrogens with zero attached hydrogens (tertiary/aromatic N) is 1. The summed E-state index contributed by atoms with van der Waals surface area (Å²) in [6.07, 6.45) is 1.81. The molecule has 0 aromatic heterocycles. The van der Waals surface area contributed by atoms with Crippen molar-refractivity contribution in [2.45, 2.75) is 25.3 Å². The number of hydrogen-bond acceptors (Lipinski definition) is 3. The van der Waals surface area contributed by atoms with Crippen LogP contribution >= 0.6 is 0 Å². The molecule has 1 unspecified atom stereocenters. The highest BCUT2D eigenvalue weighted by molar-refractivity contribution is 7.90. The van der Waals surface area contributed by atoms with Crippen molar-refractivity contribution in [2.75, 3.05) is 17.9 Å². The van der Waals surface area contributed by atoms with Crippen molar-refractivity contribution in [3.63, 3.8) is 0 Å². The fraction of sp³-hybridized carbons (Fsp3) is 0.500. The summed E-state index contributed by atoms with van der Waals surface area (Å²) in [6.45, 7) is -0.236. The maximum absolute atomic E-state index is 13.5. The number of aliphatic hydroxyl groups excluding tert-OH is 1. The molecule has 2 rings (SSSR count). The van der Waals surface area contributed by atoms with Crippen LogP contribution in [0.3, 0.4) is 0 Å². The molecule has 9 heteroatoms. The minimum absolute atomic E-state index is 0.144. The van der Waals surface area contributed by atoms with E-state index >= 15 is 0 Å². The number of rotatable bonds is 4. The van der Waals surface area contributed by atoms with E-state index in [9.17, 15) is 26.7 Å². The zero-order valence-corrected chi connectivity index (χ0v) is 11.8. The average Bonchev–Trinajstić information content (AvgIpc) is 2.43. The van der Waals surface area contributed by atoms with E-state index in [1.807, 2.05) is 0 Å². The predicted molar refractivity (Wildman–Crippen MR) is 70.3 cm³/mol. The van der Waals surface area contributed by atoms with Gasteiger partial charge in [0.1, 0.15) is 11.5 Å².